The SMILES string of the molecule is C=C1CC[C@]2(O)[C@H]3Cc4ccc(O)c5c4[C@@]2(CCN3CC2CC2)[C@@H]1O5. The molecule has 1 spiro atoms. The van der Waals surface area contributed by atoms with Gasteiger partial charge in [0, 0.05) is 18.2 Å². The molecule has 2 saturated carbocycles. The lowest BCUT2D eigenvalue weighted by molar-refractivity contribution is -0.174. The molecule has 1 aromatic carbocycles. The van der Waals surface area contributed by atoms with Crippen LogP contribution < -0.4 is 4.74 Å². The molecule has 2 bridgehead atoms. The molecule has 4 heteroatoms. The number of hydrogen-bond donors (Lipinski definition) is 2. The van der Waals surface area contributed by atoms with E-state index in [1.54, 1.807) is 6.07 Å². The Morgan fingerprint density at radius 2 is 2.12 bits per heavy atom. The number of piperidine rings is 1. The first-order valence-corrected chi connectivity index (χ1v) is 9.71. The van der Waals surface area contributed by atoms with Gasteiger partial charge in [-0.2, -0.15) is 0 Å². The summed E-state index contributed by atoms with van der Waals surface area (Å²) in [5, 5.41) is 22.5. The van der Waals surface area contributed by atoms with Gasteiger partial charge < -0.3 is 14.9 Å². The molecule has 2 aliphatic heterocycles. The third kappa shape index (κ3) is 1.57. The summed E-state index contributed by atoms with van der Waals surface area (Å²) in [4.78, 5) is 2.56. The maximum atomic E-state index is 12.1. The van der Waals surface area contributed by atoms with Crippen LogP contribution in [0.5, 0.6) is 11.5 Å². The number of rotatable bonds is 2. The van der Waals surface area contributed by atoms with Crippen molar-refractivity contribution >= 4 is 0 Å². The Morgan fingerprint density at radius 1 is 1.28 bits per heavy atom. The fourth-order valence-electron chi connectivity index (χ4n) is 6.39. The molecular formula is C21H25NO3. The van der Waals surface area contributed by atoms with E-state index in [-0.39, 0.29) is 17.9 Å². The van der Waals surface area contributed by atoms with Crippen LogP contribution in [0.1, 0.15) is 43.2 Å². The van der Waals surface area contributed by atoms with Crippen LogP contribution in [-0.4, -0.2) is 45.9 Å². The standard InChI is InChI=1S/C21H25NO3/c1-12-6-7-21(24)16-10-14-4-5-15(23)18-17(14)20(21,19(12)25-18)8-9-22(16)11-13-2-3-13/h4-5,13,16,19,23-24H,1-3,6-11H2/t16-,19-,20+,21+/m1/s1. The van der Waals surface area contributed by atoms with Crippen LogP contribution in [0.2, 0.25) is 0 Å². The van der Waals surface area contributed by atoms with E-state index in [2.05, 4.69) is 11.5 Å². The fourth-order valence-corrected chi connectivity index (χ4v) is 6.39. The largest absolute Gasteiger partial charge is 0.504 e. The van der Waals surface area contributed by atoms with E-state index in [4.69, 9.17) is 4.74 Å². The molecule has 4 nitrogen and oxygen atoms in total. The van der Waals surface area contributed by atoms with Gasteiger partial charge >= 0.3 is 0 Å². The summed E-state index contributed by atoms with van der Waals surface area (Å²) in [6.07, 6.45) is 5.79. The molecule has 2 heterocycles. The van der Waals surface area contributed by atoms with Gasteiger partial charge in [0.1, 0.15) is 6.10 Å². The van der Waals surface area contributed by atoms with Crippen LogP contribution in [0.15, 0.2) is 24.3 Å². The summed E-state index contributed by atoms with van der Waals surface area (Å²) in [5.41, 5.74) is 2.21. The molecule has 0 amide bonds. The van der Waals surface area contributed by atoms with Gasteiger partial charge in [-0.3, -0.25) is 4.90 Å². The van der Waals surface area contributed by atoms with Crippen LogP contribution in [0.25, 0.3) is 0 Å². The third-order valence-electron chi connectivity index (χ3n) is 7.71. The molecule has 132 valence electrons. The predicted molar refractivity (Wildman–Crippen MR) is 93.9 cm³/mol. The van der Waals surface area contributed by atoms with Crippen molar-refractivity contribution in [1.82, 2.24) is 4.90 Å². The van der Waals surface area contributed by atoms with E-state index in [9.17, 15) is 10.2 Å². The highest BCUT2D eigenvalue weighted by molar-refractivity contribution is 5.63. The van der Waals surface area contributed by atoms with Gasteiger partial charge in [0.25, 0.3) is 0 Å². The van der Waals surface area contributed by atoms with E-state index < -0.39 is 11.0 Å². The van der Waals surface area contributed by atoms with Crippen molar-refractivity contribution in [3.8, 4) is 11.5 Å². The number of benzene rings is 1. The average Bonchev–Trinajstić information content (AvgIpc) is 3.32. The molecule has 2 N–H and O–H groups in total. The van der Waals surface area contributed by atoms with Crippen molar-refractivity contribution in [2.45, 2.75) is 61.7 Å². The van der Waals surface area contributed by atoms with Crippen molar-refractivity contribution in [3.05, 3.63) is 35.4 Å². The van der Waals surface area contributed by atoms with Gasteiger partial charge in [0.2, 0.25) is 0 Å². The van der Waals surface area contributed by atoms with Gasteiger partial charge in [-0.05, 0) is 68.2 Å². The quantitative estimate of drug-likeness (QED) is 0.813. The summed E-state index contributed by atoms with van der Waals surface area (Å²) in [5.74, 6) is 1.64. The zero-order chi connectivity index (χ0) is 17.0. The molecule has 0 unspecified atom stereocenters. The topological polar surface area (TPSA) is 52.9 Å². The summed E-state index contributed by atoms with van der Waals surface area (Å²) in [6.45, 7) is 6.40. The highest BCUT2D eigenvalue weighted by atomic mass is 16.5. The second-order valence-corrected chi connectivity index (χ2v) is 8.91. The van der Waals surface area contributed by atoms with Crippen molar-refractivity contribution in [1.29, 1.82) is 0 Å². The Balaban J connectivity index is 1.58. The van der Waals surface area contributed by atoms with Crippen LogP contribution in [0.4, 0.5) is 0 Å². The monoisotopic (exact) mass is 339 g/mol. The second-order valence-electron chi connectivity index (χ2n) is 8.91. The van der Waals surface area contributed by atoms with Gasteiger partial charge in [-0.1, -0.05) is 12.6 Å². The molecular weight excluding hydrogens is 314 g/mol. The van der Waals surface area contributed by atoms with Crippen LogP contribution in [0, 0.1) is 5.92 Å². The van der Waals surface area contributed by atoms with Crippen molar-refractivity contribution in [2.75, 3.05) is 13.1 Å². The summed E-state index contributed by atoms with van der Waals surface area (Å²) in [7, 11) is 0. The zero-order valence-corrected chi connectivity index (χ0v) is 14.5. The number of phenols is 1. The van der Waals surface area contributed by atoms with Crippen LogP contribution in [-0.2, 0) is 11.8 Å². The smallest absolute Gasteiger partial charge is 0.166 e. The molecule has 1 saturated heterocycles. The maximum Gasteiger partial charge on any atom is 0.166 e. The van der Waals surface area contributed by atoms with Crippen molar-refractivity contribution in [2.24, 2.45) is 5.92 Å². The Bertz CT molecular complexity index is 801. The minimum absolute atomic E-state index is 0.157. The van der Waals surface area contributed by atoms with E-state index >= 15 is 0 Å². The first-order valence-electron chi connectivity index (χ1n) is 9.71. The molecule has 3 fully saturated rings. The summed E-state index contributed by atoms with van der Waals surface area (Å²) >= 11 is 0. The molecule has 25 heavy (non-hydrogen) atoms. The average molecular weight is 339 g/mol. The maximum absolute atomic E-state index is 12.1. The number of ether oxygens (including phenoxy) is 1. The molecule has 0 aromatic heterocycles. The lowest BCUT2D eigenvalue weighted by Crippen LogP contribution is -2.75. The Hall–Kier alpha value is -1.52. The molecule has 3 aliphatic carbocycles. The number of likely N-dealkylation sites (tertiary alicyclic amines) is 1. The van der Waals surface area contributed by atoms with Gasteiger partial charge in [-0.25, -0.2) is 0 Å². The number of nitrogens with zero attached hydrogens (tertiary/aromatic N) is 1. The number of hydrogen-bond acceptors (Lipinski definition) is 4. The predicted octanol–water partition coefficient (Wildman–Crippen LogP) is 2.51. The Morgan fingerprint density at radius 3 is 2.92 bits per heavy atom. The lowest BCUT2D eigenvalue weighted by atomic mass is 9.48. The molecule has 0 radical (unpaired) electrons. The van der Waals surface area contributed by atoms with Gasteiger partial charge in [0.05, 0.1) is 11.0 Å². The Kier molecular flexibility index (Phi) is 2.58. The fraction of sp³-hybridized carbons (Fsp3) is 0.619. The normalized spacial score (nSPS) is 41.4. The van der Waals surface area contributed by atoms with Crippen molar-refractivity contribution in [3.63, 3.8) is 0 Å². The van der Waals surface area contributed by atoms with Crippen LogP contribution >= 0.6 is 0 Å². The molecule has 1 aromatic rings. The van der Waals surface area contributed by atoms with E-state index in [0.29, 0.717) is 5.75 Å². The highest BCUT2D eigenvalue weighted by Crippen LogP contribution is 2.66. The zero-order valence-electron chi connectivity index (χ0n) is 14.5. The van der Waals surface area contributed by atoms with Gasteiger partial charge in [0.15, 0.2) is 11.5 Å². The summed E-state index contributed by atoms with van der Waals surface area (Å²) < 4.78 is 6.29. The van der Waals surface area contributed by atoms with Crippen molar-refractivity contribution < 1.29 is 14.9 Å². The lowest BCUT2D eigenvalue weighted by Gasteiger charge is -2.63. The van der Waals surface area contributed by atoms with Crippen LogP contribution in [0.3, 0.4) is 0 Å². The molecule has 5 aliphatic rings. The number of phenolic OH excluding ortho intramolecular Hbond substituents is 1. The Labute approximate surface area is 148 Å². The summed E-state index contributed by atoms with van der Waals surface area (Å²) in [6, 6.07) is 3.96. The van der Waals surface area contributed by atoms with Gasteiger partial charge in [-0.15, -0.1) is 0 Å². The van der Waals surface area contributed by atoms with E-state index in [1.165, 1.54) is 18.4 Å². The minimum atomic E-state index is -0.780. The minimum Gasteiger partial charge on any atom is -0.504 e. The van der Waals surface area contributed by atoms with E-state index in [1.807, 2.05) is 6.07 Å². The first kappa shape index (κ1) is 14.6. The number of aromatic hydroxyl groups is 1. The molecule has 4 atom stereocenters. The number of aliphatic hydroxyl groups is 1. The highest BCUT2D eigenvalue weighted by Gasteiger charge is 2.71. The molecule has 6 rings (SSSR count). The third-order valence-corrected chi connectivity index (χ3v) is 7.71. The van der Waals surface area contributed by atoms with E-state index in [0.717, 1.165) is 55.8 Å². The second kappa shape index (κ2) is 4.41. The first-order chi connectivity index (χ1) is 12.0.